The smallest absolute Gasteiger partial charge is 0.411 e. The van der Waals surface area contributed by atoms with Gasteiger partial charge in [-0.2, -0.15) is 0 Å². The number of carboxylic acids is 1. The van der Waals surface area contributed by atoms with Gasteiger partial charge in [-0.15, -0.1) is 0 Å². The largest absolute Gasteiger partial charge is 0.480 e. The fraction of sp³-hybridized carbons (Fsp3) is 0.481. The summed E-state index contributed by atoms with van der Waals surface area (Å²) < 4.78 is 12.4. The van der Waals surface area contributed by atoms with Gasteiger partial charge in [-0.1, -0.05) is 81.4 Å². The standard InChI is InChI=1S/C27H37NO5Si/c1-26(2,3)33-25(31)28-18-17-20(23(28)24(29)30)19-32-34(27(4,5)6,21-13-9-7-10-14-21)22-15-11-8-12-16-22/h7-16,20,23H,17-19H2,1-6H3,(H,29,30)/t20-,23+/m1/s1. The molecule has 3 rings (SSSR count). The van der Waals surface area contributed by atoms with Crippen molar-refractivity contribution >= 4 is 30.8 Å². The molecule has 2 aromatic carbocycles. The summed E-state index contributed by atoms with van der Waals surface area (Å²) in [6.45, 7) is 12.5. The van der Waals surface area contributed by atoms with Gasteiger partial charge in [0.05, 0.1) is 0 Å². The van der Waals surface area contributed by atoms with Gasteiger partial charge in [0.25, 0.3) is 8.32 Å². The highest BCUT2D eigenvalue weighted by molar-refractivity contribution is 6.99. The summed E-state index contributed by atoms with van der Waals surface area (Å²) in [4.78, 5) is 26.3. The normalized spacial score (nSPS) is 19.2. The van der Waals surface area contributed by atoms with Crippen LogP contribution in [0.1, 0.15) is 48.0 Å². The number of amides is 1. The Morgan fingerprint density at radius 2 is 1.44 bits per heavy atom. The third kappa shape index (κ3) is 5.36. The van der Waals surface area contributed by atoms with E-state index in [0.29, 0.717) is 13.0 Å². The second-order valence-electron chi connectivity index (χ2n) is 11.0. The van der Waals surface area contributed by atoms with Gasteiger partial charge in [-0.3, -0.25) is 4.90 Å². The molecule has 1 saturated heterocycles. The minimum Gasteiger partial charge on any atom is -0.480 e. The molecule has 1 heterocycles. The molecular formula is C27H37NO5Si. The van der Waals surface area contributed by atoms with Crippen molar-refractivity contribution in [1.82, 2.24) is 4.90 Å². The zero-order valence-corrected chi connectivity index (χ0v) is 22.1. The number of aliphatic carboxylic acids is 1. The zero-order valence-electron chi connectivity index (χ0n) is 21.1. The van der Waals surface area contributed by atoms with Crippen LogP contribution in [-0.2, 0) is 14.0 Å². The monoisotopic (exact) mass is 483 g/mol. The van der Waals surface area contributed by atoms with Gasteiger partial charge >= 0.3 is 12.1 Å². The first-order valence-electron chi connectivity index (χ1n) is 11.8. The van der Waals surface area contributed by atoms with Gasteiger partial charge in [0.2, 0.25) is 0 Å². The Hall–Kier alpha value is -2.64. The zero-order chi connectivity index (χ0) is 25.1. The van der Waals surface area contributed by atoms with Gasteiger partial charge in [0.1, 0.15) is 11.6 Å². The number of hydrogen-bond acceptors (Lipinski definition) is 4. The molecule has 0 aromatic heterocycles. The molecule has 2 atom stereocenters. The van der Waals surface area contributed by atoms with E-state index < -0.39 is 32.0 Å². The Morgan fingerprint density at radius 1 is 0.941 bits per heavy atom. The van der Waals surface area contributed by atoms with Crippen LogP contribution in [0.3, 0.4) is 0 Å². The molecule has 1 amide bonds. The molecule has 0 saturated carbocycles. The van der Waals surface area contributed by atoms with E-state index in [4.69, 9.17) is 9.16 Å². The minimum atomic E-state index is -2.80. The SMILES string of the molecule is CC(C)(C)OC(=O)N1CC[C@H](CO[Si](c2ccccc2)(c2ccccc2)C(C)(C)C)[C@H]1C(=O)O. The summed E-state index contributed by atoms with van der Waals surface area (Å²) in [5.41, 5.74) is -0.691. The van der Waals surface area contributed by atoms with Crippen LogP contribution in [0.15, 0.2) is 60.7 Å². The molecule has 7 heteroatoms. The third-order valence-electron chi connectivity index (χ3n) is 6.33. The molecule has 6 nitrogen and oxygen atoms in total. The van der Waals surface area contributed by atoms with Crippen LogP contribution < -0.4 is 10.4 Å². The Morgan fingerprint density at radius 3 is 1.85 bits per heavy atom. The average Bonchev–Trinajstić information content (AvgIpc) is 3.18. The second kappa shape index (κ2) is 9.92. The van der Waals surface area contributed by atoms with E-state index in [9.17, 15) is 14.7 Å². The molecule has 1 N–H and O–H groups in total. The number of carboxylic acid groups (broad SMARTS) is 1. The summed E-state index contributed by atoms with van der Waals surface area (Å²) in [6, 6.07) is 19.5. The number of rotatable bonds is 6. The van der Waals surface area contributed by atoms with Crippen molar-refractivity contribution in [2.45, 2.75) is 64.6 Å². The highest BCUT2D eigenvalue weighted by atomic mass is 28.4. The van der Waals surface area contributed by atoms with Gasteiger partial charge in [0.15, 0.2) is 0 Å². The maximum absolute atomic E-state index is 12.7. The van der Waals surface area contributed by atoms with Crippen LogP contribution in [0.4, 0.5) is 4.79 Å². The van der Waals surface area contributed by atoms with E-state index in [1.54, 1.807) is 20.8 Å². The van der Waals surface area contributed by atoms with E-state index >= 15 is 0 Å². The lowest BCUT2D eigenvalue weighted by Crippen LogP contribution is -2.67. The van der Waals surface area contributed by atoms with E-state index in [-0.39, 0.29) is 17.6 Å². The average molecular weight is 484 g/mol. The molecule has 0 radical (unpaired) electrons. The molecule has 1 aliphatic rings. The van der Waals surface area contributed by atoms with Crippen LogP contribution in [0, 0.1) is 5.92 Å². The molecule has 2 aromatic rings. The number of ether oxygens (including phenoxy) is 1. The minimum absolute atomic E-state index is 0.210. The number of nitrogens with zero attached hydrogens (tertiary/aromatic N) is 1. The second-order valence-corrected chi connectivity index (χ2v) is 15.3. The Bertz CT molecular complexity index is 942. The van der Waals surface area contributed by atoms with Crippen LogP contribution in [-0.4, -0.2) is 55.2 Å². The van der Waals surface area contributed by atoms with Gasteiger partial charge in [-0.25, -0.2) is 9.59 Å². The van der Waals surface area contributed by atoms with Crippen molar-refractivity contribution in [3.8, 4) is 0 Å². The van der Waals surface area contributed by atoms with Gasteiger partial charge in [0, 0.05) is 19.1 Å². The molecule has 1 fully saturated rings. The fourth-order valence-corrected chi connectivity index (χ4v) is 9.50. The molecule has 0 bridgehead atoms. The number of carbonyl (C=O) groups is 2. The molecule has 34 heavy (non-hydrogen) atoms. The van der Waals surface area contributed by atoms with Crippen LogP contribution in [0.25, 0.3) is 0 Å². The van der Waals surface area contributed by atoms with Crippen molar-refractivity contribution in [2.75, 3.05) is 13.2 Å². The molecule has 184 valence electrons. The lowest BCUT2D eigenvalue weighted by molar-refractivity contribution is -0.143. The maximum atomic E-state index is 12.7. The van der Waals surface area contributed by atoms with Crippen LogP contribution in [0.5, 0.6) is 0 Å². The number of likely N-dealkylation sites (tertiary alicyclic amines) is 1. The predicted octanol–water partition coefficient (Wildman–Crippen LogP) is 4.27. The molecular weight excluding hydrogens is 446 g/mol. The molecule has 0 spiro atoms. The van der Waals surface area contributed by atoms with E-state index in [1.165, 1.54) is 4.90 Å². The van der Waals surface area contributed by atoms with Crippen molar-refractivity contribution in [2.24, 2.45) is 5.92 Å². The van der Waals surface area contributed by atoms with E-state index in [2.05, 4.69) is 45.0 Å². The van der Waals surface area contributed by atoms with E-state index in [1.807, 2.05) is 36.4 Å². The Kier molecular flexibility index (Phi) is 7.58. The van der Waals surface area contributed by atoms with E-state index in [0.717, 1.165) is 10.4 Å². The summed E-state index contributed by atoms with van der Waals surface area (Å²) in [5, 5.41) is 12.1. The lowest BCUT2D eigenvalue weighted by atomic mass is 10.0. The molecule has 0 unspecified atom stereocenters. The lowest BCUT2D eigenvalue weighted by Gasteiger charge is -2.43. The number of hydrogen-bond donors (Lipinski definition) is 1. The summed E-state index contributed by atoms with van der Waals surface area (Å²) in [6.07, 6.45) is -0.0399. The van der Waals surface area contributed by atoms with Crippen molar-refractivity contribution in [1.29, 1.82) is 0 Å². The van der Waals surface area contributed by atoms with Crippen LogP contribution >= 0.6 is 0 Å². The number of benzene rings is 2. The van der Waals surface area contributed by atoms with Crippen molar-refractivity contribution in [3.05, 3.63) is 60.7 Å². The maximum Gasteiger partial charge on any atom is 0.411 e. The molecule has 1 aliphatic heterocycles. The Labute approximate surface area is 204 Å². The highest BCUT2D eigenvalue weighted by Crippen LogP contribution is 2.38. The van der Waals surface area contributed by atoms with Crippen molar-refractivity contribution in [3.63, 3.8) is 0 Å². The first-order chi connectivity index (χ1) is 15.9. The quantitative estimate of drug-likeness (QED) is 0.621. The predicted molar refractivity (Wildman–Crippen MR) is 136 cm³/mol. The topological polar surface area (TPSA) is 76.1 Å². The highest BCUT2D eigenvalue weighted by Gasteiger charge is 2.52. The van der Waals surface area contributed by atoms with Crippen LogP contribution in [0.2, 0.25) is 5.04 Å². The first-order valence-corrected chi connectivity index (χ1v) is 13.7. The van der Waals surface area contributed by atoms with Gasteiger partial charge < -0.3 is 14.3 Å². The third-order valence-corrected chi connectivity index (χ3v) is 11.3. The first kappa shape index (κ1) is 26.0. The van der Waals surface area contributed by atoms with Gasteiger partial charge in [-0.05, 0) is 42.6 Å². The summed E-state index contributed by atoms with van der Waals surface area (Å²) in [7, 11) is -2.80. The van der Waals surface area contributed by atoms with Crippen molar-refractivity contribution < 1.29 is 23.9 Å². The fourth-order valence-electron chi connectivity index (χ4n) is 4.88. The Balaban J connectivity index is 1.95. The number of carbonyl (C=O) groups excluding carboxylic acids is 1. The molecule has 0 aliphatic carbocycles. The summed E-state index contributed by atoms with van der Waals surface area (Å²) >= 11 is 0. The summed E-state index contributed by atoms with van der Waals surface area (Å²) in [5.74, 6) is -1.36.